The molecule has 1 aromatic carbocycles. The largest absolute Gasteiger partial charge is 0.496 e. The van der Waals surface area contributed by atoms with Gasteiger partial charge in [-0.05, 0) is 49.6 Å². The minimum Gasteiger partial charge on any atom is -0.496 e. The van der Waals surface area contributed by atoms with Gasteiger partial charge in [-0.1, -0.05) is 0 Å². The van der Waals surface area contributed by atoms with Gasteiger partial charge in [0.2, 0.25) is 0 Å². The van der Waals surface area contributed by atoms with Gasteiger partial charge in [-0.15, -0.1) is 0 Å². The first-order valence-electron chi connectivity index (χ1n) is 6.16. The van der Waals surface area contributed by atoms with E-state index in [9.17, 15) is 0 Å². The molecule has 0 saturated heterocycles. The summed E-state index contributed by atoms with van der Waals surface area (Å²) in [6, 6.07) is 3.87. The summed E-state index contributed by atoms with van der Waals surface area (Å²) in [6.07, 6.45) is 1.67. The fraction of sp³-hybridized carbons (Fsp3) is 0.333. The normalized spacial score (nSPS) is 10.6. The maximum atomic E-state index is 9.14. The highest BCUT2D eigenvalue weighted by atomic mass is 16.5. The molecule has 1 aromatic heterocycles. The van der Waals surface area contributed by atoms with Gasteiger partial charge in [-0.25, -0.2) is 9.97 Å². The zero-order chi connectivity index (χ0) is 14.0. The molecule has 0 bridgehead atoms. The van der Waals surface area contributed by atoms with Crippen molar-refractivity contribution in [3.05, 3.63) is 40.8 Å². The summed E-state index contributed by atoms with van der Waals surface area (Å²) in [4.78, 5) is 8.39. The molecular weight excluding hydrogens is 240 g/mol. The van der Waals surface area contributed by atoms with Crippen molar-refractivity contribution in [3.8, 4) is 17.0 Å². The highest BCUT2D eigenvalue weighted by Crippen LogP contribution is 2.33. The summed E-state index contributed by atoms with van der Waals surface area (Å²) in [5.41, 5.74) is 5.25. The van der Waals surface area contributed by atoms with E-state index in [0.717, 1.165) is 33.7 Å². The average molecular weight is 258 g/mol. The molecule has 0 atom stereocenters. The number of aryl methyl sites for hydroxylation is 1. The van der Waals surface area contributed by atoms with Gasteiger partial charge in [0.15, 0.2) is 5.82 Å². The maximum Gasteiger partial charge on any atom is 0.154 e. The molecule has 0 aliphatic carbocycles. The van der Waals surface area contributed by atoms with Crippen molar-refractivity contribution in [3.63, 3.8) is 0 Å². The molecule has 0 unspecified atom stereocenters. The number of ether oxygens (including phenoxy) is 1. The Bertz CT molecular complexity index is 609. The van der Waals surface area contributed by atoms with E-state index in [1.807, 2.05) is 26.0 Å². The van der Waals surface area contributed by atoms with E-state index in [1.165, 1.54) is 0 Å². The summed E-state index contributed by atoms with van der Waals surface area (Å²) >= 11 is 0. The summed E-state index contributed by atoms with van der Waals surface area (Å²) in [7, 11) is 1.68. The molecule has 1 heterocycles. The van der Waals surface area contributed by atoms with E-state index in [0.29, 0.717) is 5.82 Å². The molecule has 0 saturated carbocycles. The zero-order valence-corrected chi connectivity index (χ0v) is 11.7. The summed E-state index contributed by atoms with van der Waals surface area (Å²) in [5, 5.41) is 9.14. The van der Waals surface area contributed by atoms with E-state index >= 15 is 0 Å². The van der Waals surface area contributed by atoms with Crippen molar-refractivity contribution in [2.24, 2.45) is 0 Å². The van der Waals surface area contributed by atoms with Crippen LogP contribution in [0.5, 0.6) is 5.75 Å². The number of aromatic nitrogens is 2. The first-order chi connectivity index (χ1) is 9.08. The molecule has 0 radical (unpaired) electrons. The molecule has 0 amide bonds. The lowest BCUT2D eigenvalue weighted by molar-refractivity contribution is 0.271. The predicted octanol–water partition coefficient (Wildman–Crippen LogP) is 2.57. The Morgan fingerprint density at radius 3 is 2.58 bits per heavy atom. The topological polar surface area (TPSA) is 55.2 Å². The molecule has 0 aliphatic rings. The second-order valence-corrected chi connectivity index (χ2v) is 4.54. The van der Waals surface area contributed by atoms with Crippen molar-refractivity contribution in [1.29, 1.82) is 0 Å². The van der Waals surface area contributed by atoms with Gasteiger partial charge in [0.05, 0.1) is 12.8 Å². The van der Waals surface area contributed by atoms with Crippen molar-refractivity contribution < 1.29 is 9.84 Å². The van der Waals surface area contributed by atoms with Gasteiger partial charge >= 0.3 is 0 Å². The Morgan fingerprint density at radius 1 is 1.21 bits per heavy atom. The number of benzene rings is 1. The average Bonchev–Trinajstić information content (AvgIpc) is 2.43. The molecule has 2 aromatic rings. The van der Waals surface area contributed by atoms with Crippen molar-refractivity contribution in [2.75, 3.05) is 7.11 Å². The van der Waals surface area contributed by atoms with Crippen LogP contribution in [-0.2, 0) is 6.61 Å². The molecule has 2 rings (SSSR count). The van der Waals surface area contributed by atoms with Crippen LogP contribution in [0.2, 0.25) is 0 Å². The van der Waals surface area contributed by atoms with Crippen LogP contribution in [0.25, 0.3) is 11.3 Å². The molecule has 19 heavy (non-hydrogen) atoms. The number of methoxy groups -OCH3 is 1. The predicted molar refractivity (Wildman–Crippen MR) is 74.2 cm³/mol. The molecule has 0 aliphatic heterocycles. The summed E-state index contributed by atoms with van der Waals surface area (Å²) < 4.78 is 5.37. The van der Waals surface area contributed by atoms with Gasteiger partial charge in [-0.3, -0.25) is 0 Å². The Hall–Kier alpha value is -1.94. The minimum absolute atomic E-state index is 0.152. The quantitative estimate of drug-likeness (QED) is 0.919. The molecule has 0 fully saturated rings. The first kappa shape index (κ1) is 13.5. The lowest BCUT2D eigenvalue weighted by atomic mass is 9.95. The SMILES string of the molecule is COc1cc(C)c(-c2ccnc(CO)n2)c(C)c1C. The van der Waals surface area contributed by atoms with Crippen molar-refractivity contribution >= 4 is 0 Å². The molecule has 100 valence electrons. The molecule has 1 N–H and O–H groups in total. The highest BCUT2D eigenvalue weighted by Gasteiger charge is 2.13. The number of nitrogens with zero attached hydrogens (tertiary/aromatic N) is 2. The van der Waals surface area contributed by atoms with Crippen LogP contribution < -0.4 is 4.74 Å². The lowest BCUT2D eigenvalue weighted by Gasteiger charge is -2.15. The third-order valence-electron chi connectivity index (χ3n) is 3.37. The third-order valence-corrected chi connectivity index (χ3v) is 3.37. The van der Waals surface area contributed by atoms with Crippen LogP contribution >= 0.6 is 0 Å². The van der Waals surface area contributed by atoms with E-state index in [4.69, 9.17) is 9.84 Å². The first-order valence-corrected chi connectivity index (χ1v) is 6.16. The Kier molecular flexibility index (Phi) is 3.81. The zero-order valence-electron chi connectivity index (χ0n) is 11.7. The van der Waals surface area contributed by atoms with Gasteiger partial charge in [-0.2, -0.15) is 0 Å². The van der Waals surface area contributed by atoms with Crippen LogP contribution in [0.15, 0.2) is 18.3 Å². The van der Waals surface area contributed by atoms with Crippen LogP contribution in [-0.4, -0.2) is 22.2 Å². The third kappa shape index (κ3) is 2.44. The number of aliphatic hydroxyl groups is 1. The van der Waals surface area contributed by atoms with Gasteiger partial charge < -0.3 is 9.84 Å². The Morgan fingerprint density at radius 2 is 1.95 bits per heavy atom. The van der Waals surface area contributed by atoms with Crippen molar-refractivity contribution in [2.45, 2.75) is 27.4 Å². The summed E-state index contributed by atoms with van der Waals surface area (Å²) in [6.45, 7) is 5.97. The molecule has 4 heteroatoms. The van der Waals surface area contributed by atoms with Crippen LogP contribution in [0.4, 0.5) is 0 Å². The van der Waals surface area contributed by atoms with Crippen LogP contribution in [0, 0.1) is 20.8 Å². The van der Waals surface area contributed by atoms with E-state index < -0.39 is 0 Å². The second-order valence-electron chi connectivity index (χ2n) is 4.54. The van der Waals surface area contributed by atoms with Gasteiger partial charge in [0.1, 0.15) is 12.4 Å². The van der Waals surface area contributed by atoms with E-state index in [-0.39, 0.29) is 6.61 Å². The Balaban J connectivity index is 2.65. The smallest absolute Gasteiger partial charge is 0.154 e. The molecule has 0 spiro atoms. The van der Waals surface area contributed by atoms with E-state index in [1.54, 1.807) is 13.3 Å². The number of rotatable bonds is 3. The lowest BCUT2D eigenvalue weighted by Crippen LogP contribution is -2.00. The van der Waals surface area contributed by atoms with Crippen LogP contribution in [0.3, 0.4) is 0 Å². The monoisotopic (exact) mass is 258 g/mol. The van der Waals surface area contributed by atoms with Crippen LogP contribution in [0.1, 0.15) is 22.5 Å². The van der Waals surface area contributed by atoms with Gasteiger partial charge in [0, 0.05) is 11.8 Å². The minimum atomic E-state index is -0.152. The highest BCUT2D eigenvalue weighted by molar-refractivity contribution is 5.71. The standard InChI is InChI=1S/C15H18N2O2/c1-9-7-13(19-4)10(2)11(3)15(9)12-5-6-16-14(8-18)17-12/h5-7,18H,8H2,1-4H3. The molecular formula is C15H18N2O2. The Labute approximate surface area is 113 Å². The number of hydrogen-bond donors (Lipinski definition) is 1. The fourth-order valence-corrected chi connectivity index (χ4v) is 2.27. The number of aliphatic hydroxyl groups excluding tert-OH is 1. The number of hydrogen-bond acceptors (Lipinski definition) is 4. The van der Waals surface area contributed by atoms with E-state index in [2.05, 4.69) is 16.9 Å². The second kappa shape index (κ2) is 5.36. The summed E-state index contributed by atoms with van der Waals surface area (Å²) in [5.74, 6) is 1.32. The fourth-order valence-electron chi connectivity index (χ4n) is 2.27. The molecule has 4 nitrogen and oxygen atoms in total. The maximum absolute atomic E-state index is 9.14. The van der Waals surface area contributed by atoms with Crippen molar-refractivity contribution in [1.82, 2.24) is 9.97 Å². The van der Waals surface area contributed by atoms with Gasteiger partial charge in [0.25, 0.3) is 0 Å².